The Bertz CT molecular complexity index is 539. The molecule has 0 saturated heterocycles. The molecule has 0 spiro atoms. The summed E-state index contributed by atoms with van der Waals surface area (Å²) in [5, 5.41) is 0. The molecular weight excluding hydrogens is 375 g/mol. The molecule has 2 atom stereocenters. The van der Waals surface area contributed by atoms with Crippen molar-refractivity contribution in [3.05, 3.63) is 23.3 Å². The van der Waals surface area contributed by atoms with E-state index >= 15 is 0 Å². The molecule has 148 valence electrons. The van der Waals surface area contributed by atoms with Crippen molar-refractivity contribution in [1.29, 1.82) is 0 Å². The Labute approximate surface area is 167 Å². The lowest BCUT2D eigenvalue weighted by Crippen LogP contribution is -2.16. The van der Waals surface area contributed by atoms with Gasteiger partial charge in [0, 0.05) is 17.3 Å². The third kappa shape index (κ3) is 5.91. The zero-order chi connectivity index (χ0) is 18.8. The number of unbranched alkanes of at least 4 members (excludes halogenated alkanes) is 2. The number of halogens is 2. The van der Waals surface area contributed by atoms with Gasteiger partial charge in [-0.15, -0.1) is 23.2 Å². The van der Waals surface area contributed by atoms with Crippen molar-refractivity contribution >= 4 is 23.2 Å². The number of hydrogen-bond donors (Lipinski definition) is 0. The second-order valence-electron chi connectivity index (χ2n) is 6.57. The highest BCUT2D eigenvalue weighted by atomic mass is 35.5. The predicted molar refractivity (Wildman–Crippen MR) is 106 cm³/mol. The van der Waals surface area contributed by atoms with Gasteiger partial charge in [-0.05, 0) is 36.8 Å². The van der Waals surface area contributed by atoms with Crippen LogP contribution in [0.1, 0.15) is 42.9 Å². The van der Waals surface area contributed by atoms with E-state index in [-0.39, 0.29) is 6.10 Å². The zero-order valence-electron chi connectivity index (χ0n) is 15.8. The van der Waals surface area contributed by atoms with Crippen molar-refractivity contribution in [3.8, 4) is 11.5 Å². The molecule has 0 fully saturated rings. The SMILES string of the molecule is COc1ccc2c(c1OC)C(COCCCl)OCC(CCCCCCl)C2. The van der Waals surface area contributed by atoms with E-state index in [0.717, 1.165) is 48.8 Å². The average molecular weight is 405 g/mol. The van der Waals surface area contributed by atoms with E-state index in [1.165, 1.54) is 18.4 Å². The van der Waals surface area contributed by atoms with E-state index < -0.39 is 0 Å². The Morgan fingerprint density at radius 2 is 1.92 bits per heavy atom. The Morgan fingerprint density at radius 3 is 2.62 bits per heavy atom. The fourth-order valence-electron chi connectivity index (χ4n) is 3.49. The van der Waals surface area contributed by atoms with Crippen LogP contribution < -0.4 is 9.47 Å². The molecule has 0 N–H and O–H groups in total. The topological polar surface area (TPSA) is 36.9 Å². The van der Waals surface area contributed by atoms with E-state index in [4.69, 9.17) is 42.1 Å². The average Bonchev–Trinajstić information content (AvgIpc) is 2.84. The first-order valence-corrected chi connectivity index (χ1v) is 10.4. The van der Waals surface area contributed by atoms with Gasteiger partial charge in [0.25, 0.3) is 0 Å². The molecule has 0 saturated carbocycles. The van der Waals surface area contributed by atoms with Gasteiger partial charge in [0.15, 0.2) is 11.5 Å². The van der Waals surface area contributed by atoms with Crippen LogP contribution in [-0.2, 0) is 15.9 Å². The van der Waals surface area contributed by atoms with Gasteiger partial charge in [-0.1, -0.05) is 18.9 Å². The van der Waals surface area contributed by atoms with Gasteiger partial charge < -0.3 is 18.9 Å². The van der Waals surface area contributed by atoms with Crippen LogP contribution in [0.2, 0.25) is 0 Å². The number of rotatable bonds is 11. The Morgan fingerprint density at radius 1 is 1.08 bits per heavy atom. The van der Waals surface area contributed by atoms with E-state index in [0.29, 0.717) is 25.0 Å². The molecule has 1 heterocycles. The highest BCUT2D eigenvalue weighted by Crippen LogP contribution is 2.42. The van der Waals surface area contributed by atoms with Crippen LogP contribution in [0.4, 0.5) is 0 Å². The third-order valence-corrected chi connectivity index (χ3v) is 5.20. The Balaban J connectivity index is 2.20. The summed E-state index contributed by atoms with van der Waals surface area (Å²) in [5.74, 6) is 3.16. The highest BCUT2D eigenvalue weighted by Gasteiger charge is 2.29. The summed E-state index contributed by atoms with van der Waals surface area (Å²) in [6.07, 6.45) is 5.36. The molecule has 4 nitrogen and oxygen atoms in total. The quantitative estimate of drug-likeness (QED) is 0.384. The van der Waals surface area contributed by atoms with Gasteiger partial charge in [0.1, 0.15) is 6.10 Å². The fraction of sp³-hybridized carbons (Fsp3) is 0.700. The summed E-state index contributed by atoms with van der Waals surface area (Å²) in [7, 11) is 3.32. The molecule has 26 heavy (non-hydrogen) atoms. The van der Waals surface area contributed by atoms with Gasteiger partial charge in [0.05, 0.1) is 34.0 Å². The molecule has 0 bridgehead atoms. The monoisotopic (exact) mass is 404 g/mol. The number of fused-ring (bicyclic) bond motifs is 1. The summed E-state index contributed by atoms with van der Waals surface area (Å²) < 4.78 is 23.1. The lowest BCUT2D eigenvalue weighted by Gasteiger charge is -2.22. The predicted octanol–water partition coefficient (Wildman–Crippen LogP) is 4.99. The summed E-state index contributed by atoms with van der Waals surface area (Å²) in [6, 6.07) is 4.11. The summed E-state index contributed by atoms with van der Waals surface area (Å²) in [4.78, 5) is 0. The van der Waals surface area contributed by atoms with Crippen molar-refractivity contribution in [2.75, 3.05) is 45.8 Å². The van der Waals surface area contributed by atoms with Crippen LogP contribution in [-0.4, -0.2) is 45.8 Å². The van der Waals surface area contributed by atoms with Crippen molar-refractivity contribution in [2.45, 2.75) is 38.2 Å². The molecule has 1 aromatic rings. The summed E-state index contributed by atoms with van der Waals surface area (Å²) in [5.41, 5.74) is 2.30. The van der Waals surface area contributed by atoms with Crippen LogP contribution in [0.3, 0.4) is 0 Å². The maximum Gasteiger partial charge on any atom is 0.166 e. The first kappa shape index (κ1) is 21.6. The number of methoxy groups -OCH3 is 2. The van der Waals surface area contributed by atoms with Crippen LogP contribution >= 0.6 is 23.2 Å². The highest BCUT2D eigenvalue weighted by molar-refractivity contribution is 6.18. The van der Waals surface area contributed by atoms with Crippen LogP contribution in [0.15, 0.2) is 12.1 Å². The number of hydrogen-bond acceptors (Lipinski definition) is 4. The van der Waals surface area contributed by atoms with Crippen molar-refractivity contribution < 1.29 is 18.9 Å². The van der Waals surface area contributed by atoms with E-state index in [1.54, 1.807) is 14.2 Å². The van der Waals surface area contributed by atoms with Gasteiger partial charge in [0.2, 0.25) is 0 Å². The van der Waals surface area contributed by atoms with Crippen LogP contribution in [0.5, 0.6) is 11.5 Å². The van der Waals surface area contributed by atoms with Crippen molar-refractivity contribution in [3.63, 3.8) is 0 Å². The first-order chi connectivity index (χ1) is 12.7. The van der Waals surface area contributed by atoms with Gasteiger partial charge >= 0.3 is 0 Å². The normalized spacial score (nSPS) is 19.7. The Hall–Kier alpha value is -0.680. The minimum Gasteiger partial charge on any atom is -0.493 e. The molecule has 2 rings (SSSR count). The molecule has 1 aliphatic heterocycles. The van der Waals surface area contributed by atoms with Crippen LogP contribution in [0.25, 0.3) is 0 Å². The second kappa shape index (κ2) is 11.9. The molecule has 0 aromatic heterocycles. The Kier molecular flexibility index (Phi) is 9.91. The zero-order valence-corrected chi connectivity index (χ0v) is 17.3. The van der Waals surface area contributed by atoms with Gasteiger partial charge in [-0.2, -0.15) is 0 Å². The number of alkyl halides is 2. The van der Waals surface area contributed by atoms with Crippen molar-refractivity contribution in [2.24, 2.45) is 5.92 Å². The van der Waals surface area contributed by atoms with E-state index in [1.807, 2.05) is 6.07 Å². The standard InChI is InChI=1S/C20H30Cl2O4/c1-23-17-8-7-16-12-15(6-4-3-5-9-21)13-26-18(14-25-11-10-22)19(16)20(17)24-2/h7-8,15,18H,3-6,9-14H2,1-2H3. The smallest absolute Gasteiger partial charge is 0.166 e. The van der Waals surface area contributed by atoms with Crippen LogP contribution in [0, 0.1) is 5.92 Å². The fourth-order valence-corrected chi connectivity index (χ4v) is 3.79. The molecule has 0 aliphatic carbocycles. The second-order valence-corrected chi connectivity index (χ2v) is 7.32. The summed E-state index contributed by atoms with van der Waals surface area (Å²) >= 11 is 11.5. The maximum atomic E-state index is 6.26. The molecule has 1 aliphatic rings. The minimum atomic E-state index is -0.175. The molecule has 0 amide bonds. The largest absolute Gasteiger partial charge is 0.493 e. The number of benzene rings is 1. The van der Waals surface area contributed by atoms with E-state index in [2.05, 4.69) is 6.07 Å². The molecule has 1 aromatic carbocycles. The molecular formula is C20H30Cl2O4. The molecule has 2 unspecified atom stereocenters. The van der Waals surface area contributed by atoms with Crippen molar-refractivity contribution in [1.82, 2.24) is 0 Å². The maximum absolute atomic E-state index is 6.26. The molecule has 0 radical (unpaired) electrons. The lowest BCUT2D eigenvalue weighted by atomic mass is 9.91. The third-order valence-electron chi connectivity index (χ3n) is 4.77. The number of ether oxygens (including phenoxy) is 4. The summed E-state index contributed by atoms with van der Waals surface area (Å²) in [6.45, 7) is 1.68. The van der Waals surface area contributed by atoms with Gasteiger partial charge in [-0.25, -0.2) is 0 Å². The van der Waals surface area contributed by atoms with Gasteiger partial charge in [-0.3, -0.25) is 0 Å². The molecule has 6 heteroatoms. The lowest BCUT2D eigenvalue weighted by molar-refractivity contribution is -0.0253. The van der Waals surface area contributed by atoms with E-state index in [9.17, 15) is 0 Å². The minimum absolute atomic E-state index is 0.175. The first-order valence-electron chi connectivity index (χ1n) is 9.30.